The van der Waals surface area contributed by atoms with Gasteiger partial charge in [-0.25, -0.2) is 21.5 Å². The Balaban J connectivity index is 2.20. The molecule has 19 heavy (non-hydrogen) atoms. The standard InChI is InChI=1S/C12H15F2NO3S/c1-15(7-9-4-5-18-8-9)19(16,17)12-3-2-10(13)6-11(12)14/h2-3,6,9H,4-5,7-8H2,1H3. The predicted octanol–water partition coefficient (Wildman–Crippen LogP) is 1.62. The lowest BCUT2D eigenvalue weighted by Crippen LogP contribution is -2.32. The number of sulfonamides is 1. The fourth-order valence-corrected chi connectivity index (χ4v) is 3.33. The van der Waals surface area contributed by atoms with E-state index >= 15 is 0 Å². The maximum absolute atomic E-state index is 13.5. The normalized spacial score (nSPS) is 20.1. The van der Waals surface area contributed by atoms with Gasteiger partial charge in [-0.1, -0.05) is 0 Å². The van der Waals surface area contributed by atoms with Crippen molar-refractivity contribution in [3.8, 4) is 0 Å². The lowest BCUT2D eigenvalue weighted by atomic mass is 10.1. The van der Waals surface area contributed by atoms with Crippen molar-refractivity contribution in [1.82, 2.24) is 4.31 Å². The summed E-state index contributed by atoms with van der Waals surface area (Å²) in [7, 11) is -2.55. The second-order valence-electron chi connectivity index (χ2n) is 4.59. The van der Waals surface area contributed by atoms with Crippen LogP contribution in [0.15, 0.2) is 23.1 Å². The monoisotopic (exact) mass is 291 g/mol. The zero-order chi connectivity index (χ0) is 14.0. The van der Waals surface area contributed by atoms with E-state index in [4.69, 9.17) is 4.74 Å². The maximum Gasteiger partial charge on any atom is 0.245 e. The minimum absolute atomic E-state index is 0.114. The molecular weight excluding hydrogens is 276 g/mol. The molecule has 1 aliphatic heterocycles. The van der Waals surface area contributed by atoms with Crippen molar-refractivity contribution in [2.24, 2.45) is 5.92 Å². The summed E-state index contributed by atoms with van der Waals surface area (Å²) in [5, 5.41) is 0. The Morgan fingerprint density at radius 2 is 2.16 bits per heavy atom. The molecule has 7 heteroatoms. The highest BCUT2D eigenvalue weighted by Crippen LogP contribution is 2.22. The number of hydrogen-bond acceptors (Lipinski definition) is 3. The maximum atomic E-state index is 13.5. The predicted molar refractivity (Wildman–Crippen MR) is 65.1 cm³/mol. The molecule has 1 fully saturated rings. The van der Waals surface area contributed by atoms with Crippen LogP contribution in [0.25, 0.3) is 0 Å². The molecule has 0 bridgehead atoms. The number of hydrogen-bond donors (Lipinski definition) is 0. The Hall–Kier alpha value is -1.05. The van der Waals surface area contributed by atoms with Crippen molar-refractivity contribution >= 4 is 10.0 Å². The van der Waals surface area contributed by atoms with Crippen molar-refractivity contribution in [3.63, 3.8) is 0 Å². The molecule has 1 heterocycles. The van der Waals surface area contributed by atoms with Crippen LogP contribution in [0.5, 0.6) is 0 Å². The van der Waals surface area contributed by atoms with Crippen molar-refractivity contribution in [2.45, 2.75) is 11.3 Å². The zero-order valence-corrected chi connectivity index (χ0v) is 11.3. The Kier molecular flexibility index (Phi) is 4.17. The summed E-state index contributed by atoms with van der Waals surface area (Å²) in [6.07, 6.45) is 0.783. The Labute approximate surface area is 111 Å². The van der Waals surface area contributed by atoms with Gasteiger partial charge in [0.15, 0.2) is 0 Å². The highest BCUT2D eigenvalue weighted by atomic mass is 32.2. The van der Waals surface area contributed by atoms with E-state index in [-0.39, 0.29) is 12.5 Å². The summed E-state index contributed by atoms with van der Waals surface area (Å²) in [6.45, 7) is 1.38. The first-order valence-corrected chi connectivity index (χ1v) is 7.34. The van der Waals surface area contributed by atoms with Gasteiger partial charge in [0.05, 0.1) is 6.61 Å². The largest absolute Gasteiger partial charge is 0.381 e. The van der Waals surface area contributed by atoms with E-state index in [9.17, 15) is 17.2 Å². The lowest BCUT2D eigenvalue weighted by Gasteiger charge is -2.20. The van der Waals surface area contributed by atoms with Crippen LogP contribution in [-0.2, 0) is 14.8 Å². The van der Waals surface area contributed by atoms with Crippen molar-refractivity contribution in [2.75, 3.05) is 26.8 Å². The summed E-state index contributed by atoms with van der Waals surface area (Å²) in [5.74, 6) is -1.76. The van der Waals surface area contributed by atoms with Crippen LogP contribution >= 0.6 is 0 Å². The van der Waals surface area contributed by atoms with Gasteiger partial charge in [-0.15, -0.1) is 0 Å². The molecule has 0 amide bonds. The van der Waals surface area contributed by atoms with Crippen molar-refractivity contribution < 1.29 is 21.9 Å². The Bertz CT molecular complexity index is 556. The van der Waals surface area contributed by atoms with Crippen LogP contribution in [0.1, 0.15) is 6.42 Å². The molecule has 0 saturated carbocycles. The van der Waals surface area contributed by atoms with E-state index in [0.29, 0.717) is 19.3 Å². The lowest BCUT2D eigenvalue weighted by molar-refractivity contribution is 0.182. The zero-order valence-electron chi connectivity index (χ0n) is 10.5. The molecule has 1 saturated heterocycles. The molecule has 1 aliphatic rings. The summed E-state index contributed by atoms with van der Waals surface area (Å²) < 4.78 is 57.0. The van der Waals surface area contributed by atoms with Gasteiger partial charge in [-0.2, -0.15) is 0 Å². The highest BCUT2D eigenvalue weighted by Gasteiger charge is 2.28. The average molecular weight is 291 g/mol. The first kappa shape index (κ1) is 14.4. The molecule has 1 unspecified atom stereocenters. The molecule has 1 aromatic rings. The third kappa shape index (κ3) is 3.10. The van der Waals surface area contributed by atoms with Crippen LogP contribution in [0.3, 0.4) is 0 Å². The number of rotatable bonds is 4. The smallest absolute Gasteiger partial charge is 0.245 e. The van der Waals surface area contributed by atoms with Crippen LogP contribution in [0.4, 0.5) is 8.78 Å². The molecule has 1 atom stereocenters. The molecular formula is C12H15F2NO3S. The van der Waals surface area contributed by atoms with Gasteiger partial charge in [0, 0.05) is 26.3 Å². The highest BCUT2D eigenvalue weighted by molar-refractivity contribution is 7.89. The number of halogens is 2. The van der Waals surface area contributed by atoms with E-state index in [1.807, 2.05) is 0 Å². The molecule has 4 nitrogen and oxygen atoms in total. The van der Waals surface area contributed by atoms with Gasteiger partial charge < -0.3 is 4.74 Å². The number of benzene rings is 1. The molecule has 0 aliphatic carbocycles. The Morgan fingerprint density at radius 3 is 2.74 bits per heavy atom. The summed E-state index contributed by atoms with van der Waals surface area (Å²) >= 11 is 0. The van der Waals surface area contributed by atoms with E-state index in [1.165, 1.54) is 7.05 Å². The van der Waals surface area contributed by atoms with Crippen LogP contribution in [0, 0.1) is 17.6 Å². The first-order valence-electron chi connectivity index (χ1n) is 5.90. The van der Waals surface area contributed by atoms with Gasteiger partial charge in [-0.05, 0) is 24.5 Å². The summed E-state index contributed by atoms with van der Waals surface area (Å²) in [4.78, 5) is -0.504. The SMILES string of the molecule is CN(CC1CCOC1)S(=O)(=O)c1ccc(F)cc1F. The van der Waals surface area contributed by atoms with Crippen molar-refractivity contribution in [3.05, 3.63) is 29.8 Å². The number of ether oxygens (including phenoxy) is 1. The molecule has 1 aromatic carbocycles. The quantitative estimate of drug-likeness (QED) is 0.847. The Morgan fingerprint density at radius 1 is 1.42 bits per heavy atom. The minimum Gasteiger partial charge on any atom is -0.381 e. The molecule has 2 rings (SSSR count). The van der Waals surface area contributed by atoms with Crippen molar-refractivity contribution in [1.29, 1.82) is 0 Å². The number of nitrogens with zero attached hydrogens (tertiary/aromatic N) is 1. The molecule has 0 N–H and O–H groups in total. The molecule has 0 aromatic heterocycles. The first-order chi connectivity index (χ1) is 8.91. The second kappa shape index (κ2) is 5.52. The van der Waals surface area contributed by atoms with Gasteiger partial charge in [0.2, 0.25) is 10.0 Å². The van der Waals surface area contributed by atoms with E-state index < -0.39 is 26.6 Å². The minimum atomic E-state index is -3.94. The summed E-state index contributed by atoms with van der Waals surface area (Å²) in [5.41, 5.74) is 0. The topological polar surface area (TPSA) is 46.6 Å². The van der Waals surface area contributed by atoms with Crippen LogP contribution in [0.2, 0.25) is 0 Å². The third-order valence-corrected chi connectivity index (χ3v) is 4.98. The van der Waals surface area contributed by atoms with E-state index in [1.54, 1.807) is 0 Å². The summed E-state index contributed by atoms with van der Waals surface area (Å²) in [6, 6.07) is 2.45. The van der Waals surface area contributed by atoms with E-state index in [2.05, 4.69) is 0 Å². The fourth-order valence-electron chi connectivity index (χ4n) is 2.04. The van der Waals surface area contributed by atoms with Gasteiger partial charge in [0.1, 0.15) is 16.5 Å². The van der Waals surface area contributed by atoms with Gasteiger partial charge >= 0.3 is 0 Å². The average Bonchev–Trinajstić information content (AvgIpc) is 2.81. The molecule has 0 spiro atoms. The third-order valence-electron chi connectivity index (χ3n) is 3.12. The van der Waals surface area contributed by atoms with Gasteiger partial charge in [-0.3, -0.25) is 0 Å². The molecule has 106 valence electrons. The van der Waals surface area contributed by atoms with E-state index in [0.717, 1.165) is 22.9 Å². The van der Waals surface area contributed by atoms with Crippen LogP contribution < -0.4 is 0 Å². The van der Waals surface area contributed by atoms with Gasteiger partial charge in [0.25, 0.3) is 0 Å². The molecule has 0 radical (unpaired) electrons. The fraction of sp³-hybridized carbons (Fsp3) is 0.500. The second-order valence-corrected chi connectivity index (χ2v) is 6.60. The van der Waals surface area contributed by atoms with Crippen LogP contribution in [-0.4, -0.2) is 39.5 Å².